The molecule has 1 aliphatic rings. The second-order valence-electron chi connectivity index (χ2n) is 5.97. The van der Waals surface area contributed by atoms with Gasteiger partial charge in [0, 0.05) is 32.1 Å². The molecule has 5 nitrogen and oxygen atoms in total. The largest absolute Gasteiger partial charge is 0.340 e. The Morgan fingerprint density at radius 3 is 2.42 bits per heavy atom. The first-order valence-electron chi connectivity index (χ1n) is 8.02. The van der Waals surface area contributed by atoms with Crippen molar-refractivity contribution in [3.05, 3.63) is 28.2 Å². The van der Waals surface area contributed by atoms with E-state index in [1.165, 1.54) is 10.4 Å². The van der Waals surface area contributed by atoms with Crippen LogP contribution in [0.3, 0.4) is 0 Å². The summed E-state index contributed by atoms with van der Waals surface area (Å²) < 4.78 is 26.9. The average molecular weight is 393 g/mol. The molecular formula is C16H22Cl2N2O3S. The molecule has 1 amide bonds. The molecule has 0 aromatic heterocycles. The normalized spacial score (nSPS) is 17.8. The summed E-state index contributed by atoms with van der Waals surface area (Å²) >= 11 is 12.0. The third kappa shape index (κ3) is 4.04. The zero-order chi connectivity index (χ0) is 17.9. The molecular weight excluding hydrogens is 371 g/mol. The minimum absolute atomic E-state index is 0.00999. The van der Waals surface area contributed by atoms with Crippen molar-refractivity contribution in [1.29, 1.82) is 0 Å². The van der Waals surface area contributed by atoms with E-state index in [0.29, 0.717) is 13.1 Å². The van der Waals surface area contributed by atoms with Gasteiger partial charge in [-0.15, -0.1) is 0 Å². The number of amides is 1. The molecule has 1 saturated heterocycles. The van der Waals surface area contributed by atoms with Crippen LogP contribution in [-0.2, 0) is 14.8 Å². The lowest BCUT2D eigenvalue weighted by Crippen LogP contribution is -2.51. The van der Waals surface area contributed by atoms with Crippen LogP contribution in [0.5, 0.6) is 0 Å². The van der Waals surface area contributed by atoms with Gasteiger partial charge in [-0.2, -0.15) is 4.31 Å². The minimum Gasteiger partial charge on any atom is -0.340 e. The molecule has 2 rings (SSSR count). The van der Waals surface area contributed by atoms with Crippen molar-refractivity contribution in [3.8, 4) is 0 Å². The number of piperazine rings is 1. The number of hydrogen-bond acceptors (Lipinski definition) is 3. The predicted octanol–water partition coefficient (Wildman–Crippen LogP) is 3.26. The van der Waals surface area contributed by atoms with Gasteiger partial charge in [0.2, 0.25) is 15.9 Å². The number of nitrogens with zero attached hydrogens (tertiary/aromatic N) is 2. The number of hydrogen-bond donors (Lipinski definition) is 0. The van der Waals surface area contributed by atoms with Crippen molar-refractivity contribution in [2.45, 2.75) is 31.6 Å². The topological polar surface area (TPSA) is 57.7 Å². The zero-order valence-corrected chi connectivity index (χ0v) is 16.2. The van der Waals surface area contributed by atoms with Crippen LogP contribution in [0, 0.1) is 5.92 Å². The van der Waals surface area contributed by atoms with Crippen molar-refractivity contribution < 1.29 is 13.2 Å². The Bertz CT molecular complexity index is 701. The van der Waals surface area contributed by atoms with Crippen molar-refractivity contribution in [3.63, 3.8) is 0 Å². The molecule has 1 heterocycles. The maximum absolute atomic E-state index is 12.8. The van der Waals surface area contributed by atoms with Crippen LogP contribution in [0.1, 0.15) is 26.7 Å². The molecule has 0 saturated carbocycles. The van der Waals surface area contributed by atoms with E-state index in [4.69, 9.17) is 23.2 Å². The molecule has 0 aliphatic carbocycles. The van der Waals surface area contributed by atoms with Gasteiger partial charge in [-0.25, -0.2) is 8.42 Å². The molecule has 0 bridgehead atoms. The number of halogens is 2. The van der Waals surface area contributed by atoms with Crippen LogP contribution in [0.4, 0.5) is 0 Å². The zero-order valence-electron chi connectivity index (χ0n) is 13.8. The van der Waals surface area contributed by atoms with Gasteiger partial charge in [0.05, 0.1) is 10.0 Å². The highest BCUT2D eigenvalue weighted by molar-refractivity contribution is 7.89. The van der Waals surface area contributed by atoms with E-state index in [2.05, 4.69) is 0 Å². The van der Waals surface area contributed by atoms with E-state index in [-0.39, 0.29) is 39.9 Å². The van der Waals surface area contributed by atoms with Crippen molar-refractivity contribution >= 4 is 39.1 Å². The summed E-state index contributed by atoms with van der Waals surface area (Å²) in [6, 6.07) is 4.56. The molecule has 1 atom stereocenters. The number of sulfonamides is 1. The second kappa shape index (κ2) is 8.04. The summed E-state index contributed by atoms with van der Waals surface area (Å²) in [5.74, 6) is 0.0650. The van der Waals surface area contributed by atoms with Gasteiger partial charge in [-0.3, -0.25) is 4.79 Å². The van der Waals surface area contributed by atoms with Gasteiger partial charge >= 0.3 is 0 Å². The molecule has 24 heavy (non-hydrogen) atoms. The summed E-state index contributed by atoms with van der Waals surface area (Å²) in [5.41, 5.74) is 0. The van der Waals surface area contributed by atoms with E-state index in [9.17, 15) is 13.2 Å². The summed E-state index contributed by atoms with van der Waals surface area (Å²) in [5, 5.41) is 0.245. The average Bonchev–Trinajstić information content (AvgIpc) is 2.56. The summed E-state index contributed by atoms with van der Waals surface area (Å²) in [7, 11) is -3.72. The Labute approximate surface area is 153 Å². The third-order valence-electron chi connectivity index (χ3n) is 4.23. The van der Waals surface area contributed by atoms with Crippen molar-refractivity contribution in [1.82, 2.24) is 9.21 Å². The van der Waals surface area contributed by atoms with E-state index in [0.717, 1.165) is 12.8 Å². The van der Waals surface area contributed by atoms with E-state index >= 15 is 0 Å². The molecule has 1 aliphatic heterocycles. The fourth-order valence-electron chi connectivity index (χ4n) is 2.84. The molecule has 0 N–H and O–H groups in total. The fourth-order valence-corrected chi connectivity index (χ4v) is 5.00. The molecule has 134 valence electrons. The van der Waals surface area contributed by atoms with Crippen molar-refractivity contribution in [2.75, 3.05) is 26.2 Å². The summed E-state index contributed by atoms with van der Waals surface area (Å²) in [4.78, 5) is 14.1. The van der Waals surface area contributed by atoms with Gasteiger partial charge in [0.25, 0.3) is 0 Å². The minimum atomic E-state index is -3.72. The molecule has 8 heteroatoms. The first kappa shape index (κ1) is 19.5. The molecule has 1 aromatic carbocycles. The van der Waals surface area contributed by atoms with Crippen LogP contribution in [0.25, 0.3) is 0 Å². The molecule has 1 aromatic rings. The van der Waals surface area contributed by atoms with E-state index < -0.39 is 10.0 Å². The monoisotopic (exact) mass is 392 g/mol. The van der Waals surface area contributed by atoms with Crippen LogP contribution in [0.15, 0.2) is 23.1 Å². The Hall–Kier alpha value is -0.820. The van der Waals surface area contributed by atoms with E-state index in [1.807, 2.05) is 13.8 Å². The summed E-state index contributed by atoms with van der Waals surface area (Å²) in [6.45, 7) is 5.27. The van der Waals surface area contributed by atoms with Crippen LogP contribution in [-0.4, -0.2) is 49.7 Å². The van der Waals surface area contributed by atoms with Gasteiger partial charge in [0.1, 0.15) is 4.90 Å². The third-order valence-corrected chi connectivity index (χ3v) is 7.10. The van der Waals surface area contributed by atoms with Crippen LogP contribution in [0.2, 0.25) is 10.0 Å². The lowest BCUT2D eigenvalue weighted by Gasteiger charge is -2.35. The highest BCUT2D eigenvalue weighted by Crippen LogP contribution is 2.31. The smallest absolute Gasteiger partial charge is 0.244 e. The maximum Gasteiger partial charge on any atom is 0.244 e. The van der Waals surface area contributed by atoms with Gasteiger partial charge in [0.15, 0.2) is 0 Å². The number of benzene rings is 1. The van der Waals surface area contributed by atoms with Crippen LogP contribution < -0.4 is 0 Å². The quantitative estimate of drug-likeness (QED) is 0.772. The lowest BCUT2D eigenvalue weighted by molar-refractivity contribution is -0.136. The first-order valence-corrected chi connectivity index (χ1v) is 10.2. The molecule has 0 radical (unpaired) electrons. The Balaban J connectivity index is 2.09. The molecule has 0 spiro atoms. The lowest BCUT2D eigenvalue weighted by atomic mass is 10.0. The Kier molecular flexibility index (Phi) is 6.53. The Morgan fingerprint density at radius 2 is 1.83 bits per heavy atom. The second-order valence-corrected chi connectivity index (χ2v) is 8.66. The first-order chi connectivity index (χ1) is 11.3. The van der Waals surface area contributed by atoms with Gasteiger partial charge in [-0.05, 0) is 18.6 Å². The maximum atomic E-state index is 12.8. The summed E-state index contributed by atoms with van der Waals surface area (Å²) in [6.07, 6.45) is 1.80. The SMILES string of the molecule is CCCC(C)C(=O)N1CCN(S(=O)(=O)c2cccc(Cl)c2Cl)CC1. The Morgan fingerprint density at radius 1 is 1.21 bits per heavy atom. The van der Waals surface area contributed by atoms with Crippen molar-refractivity contribution in [2.24, 2.45) is 5.92 Å². The number of carbonyl (C=O) groups excluding carboxylic acids is 1. The van der Waals surface area contributed by atoms with Crippen LogP contribution >= 0.6 is 23.2 Å². The van der Waals surface area contributed by atoms with Gasteiger partial charge in [-0.1, -0.05) is 49.5 Å². The predicted molar refractivity (Wildman–Crippen MR) is 95.9 cm³/mol. The number of carbonyl (C=O) groups is 1. The highest BCUT2D eigenvalue weighted by Gasteiger charge is 2.32. The standard InChI is InChI=1S/C16H22Cl2N2O3S/c1-3-5-12(2)16(21)19-8-10-20(11-9-19)24(22,23)14-7-4-6-13(17)15(14)18/h4,6-7,12H,3,5,8-11H2,1-2H3. The highest BCUT2D eigenvalue weighted by atomic mass is 35.5. The van der Waals surface area contributed by atoms with Gasteiger partial charge < -0.3 is 4.90 Å². The number of rotatable bonds is 5. The van der Waals surface area contributed by atoms with E-state index in [1.54, 1.807) is 17.0 Å². The molecule has 1 fully saturated rings. The molecule has 1 unspecified atom stereocenters. The fraction of sp³-hybridized carbons (Fsp3) is 0.562.